The lowest BCUT2D eigenvalue weighted by Gasteiger charge is -2.20. The van der Waals surface area contributed by atoms with Crippen LogP contribution in [-0.2, 0) is 22.6 Å². The van der Waals surface area contributed by atoms with Gasteiger partial charge in [0.25, 0.3) is 0 Å². The number of carbonyl (C=O) groups excluding carboxylic acids is 1. The highest BCUT2D eigenvalue weighted by molar-refractivity contribution is 9.10. The van der Waals surface area contributed by atoms with E-state index in [1.807, 2.05) is 36.4 Å². The quantitative estimate of drug-likeness (QED) is 0.381. The molecule has 6 heteroatoms. The summed E-state index contributed by atoms with van der Waals surface area (Å²) >= 11 is 3.52. The van der Waals surface area contributed by atoms with Crippen molar-refractivity contribution in [1.82, 2.24) is 9.88 Å². The number of ether oxygens (including phenoxy) is 2. The summed E-state index contributed by atoms with van der Waals surface area (Å²) in [6.45, 7) is 2.54. The van der Waals surface area contributed by atoms with Crippen LogP contribution in [0, 0.1) is 0 Å². The average Bonchev–Trinajstić information content (AvgIpc) is 3.09. The van der Waals surface area contributed by atoms with Crippen LogP contribution in [0.3, 0.4) is 0 Å². The number of aromatic amines is 1. The van der Waals surface area contributed by atoms with E-state index in [2.05, 4.69) is 60.9 Å². The van der Waals surface area contributed by atoms with Crippen LogP contribution in [0.2, 0.25) is 0 Å². The Hall–Kier alpha value is -2.57. The first kappa shape index (κ1) is 20.2. The molecule has 0 aliphatic rings. The van der Waals surface area contributed by atoms with Crippen molar-refractivity contribution in [3.8, 4) is 0 Å². The number of nitrogens with one attached hydrogen (secondary N) is 1. The number of benzene rings is 2. The third kappa shape index (κ3) is 5.97. The Morgan fingerprint density at radius 3 is 2.71 bits per heavy atom. The molecule has 5 nitrogen and oxygen atoms in total. The minimum atomic E-state index is -0.671. The zero-order chi connectivity index (χ0) is 19.8. The molecule has 146 valence electrons. The predicted octanol–water partition coefficient (Wildman–Crippen LogP) is 5.27. The van der Waals surface area contributed by atoms with E-state index in [9.17, 15) is 4.79 Å². The van der Waals surface area contributed by atoms with Crippen LogP contribution in [0.15, 0.2) is 71.2 Å². The van der Waals surface area contributed by atoms with Crippen molar-refractivity contribution in [2.75, 3.05) is 20.3 Å². The number of halogens is 1. The molecule has 1 aromatic heterocycles. The number of hydrogen-bond donors (Lipinski definition) is 1. The number of H-pyrrole nitrogens is 1. The largest absolute Gasteiger partial charge is 0.508 e. The fourth-order valence-corrected chi connectivity index (χ4v) is 3.36. The monoisotopic (exact) mass is 442 g/mol. The van der Waals surface area contributed by atoms with Gasteiger partial charge in [-0.05, 0) is 35.9 Å². The van der Waals surface area contributed by atoms with Gasteiger partial charge in [0.2, 0.25) is 0 Å². The van der Waals surface area contributed by atoms with E-state index in [1.54, 1.807) is 0 Å². The molecule has 0 bridgehead atoms. The van der Waals surface area contributed by atoms with E-state index in [0.29, 0.717) is 0 Å². The molecule has 0 fully saturated rings. The number of nitrogens with zero attached hydrogens (tertiary/aromatic N) is 1. The first-order valence-corrected chi connectivity index (χ1v) is 9.82. The van der Waals surface area contributed by atoms with Gasteiger partial charge in [0.05, 0.1) is 7.11 Å². The summed E-state index contributed by atoms with van der Waals surface area (Å²) in [4.78, 5) is 16.8. The van der Waals surface area contributed by atoms with E-state index in [0.717, 1.165) is 35.3 Å². The summed E-state index contributed by atoms with van der Waals surface area (Å²) < 4.78 is 10.4. The standard InChI is InChI=1S/C22H23BrN2O3/c1-27-22(26)28-12-6-5-11-25(15-17-7-3-2-4-8-17)16-20-14-18-13-19(23)9-10-21(18)24-20/h2-10,13-14,24H,11-12,15-16H2,1H3/b6-5+. The Kier molecular flexibility index (Phi) is 7.28. The molecule has 3 rings (SSSR count). The second-order valence-corrected chi connectivity index (χ2v) is 7.33. The van der Waals surface area contributed by atoms with Crippen molar-refractivity contribution in [2.45, 2.75) is 13.1 Å². The van der Waals surface area contributed by atoms with Crippen LogP contribution >= 0.6 is 15.9 Å². The zero-order valence-corrected chi connectivity index (χ0v) is 17.3. The Balaban J connectivity index is 1.67. The van der Waals surface area contributed by atoms with Gasteiger partial charge in [-0.1, -0.05) is 52.3 Å². The second-order valence-electron chi connectivity index (χ2n) is 6.42. The van der Waals surface area contributed by atoms with Crippen molar-refractivity contribution in [3.05, 3.63) is 82.5 Å². The summed E-state index contributed by atoms with van der Waals surface area (Å²) in [5.74, 6) is 0. The van der Waals surface area contributed by atoms with Gasteiger partial charge in [-0.25, -0.2) is 4.79 Å². The normalized spacial score (nSPS) is 11.4. The third-order valence-corrected chi connectivity index (χ3v) is 4.77. The number of hydrogen-bond acceptors (Lipinski definition) is 4. The lowest BCUT2D eigenvalue weighted by Crippen LogP contribution is -2.23. The minimum Gasteiger partial charge on any atom is -0.438 e. The maximum Gasteiger partial charge on any atom is 0.508 e. The molecule has 0 unspecified atom stereocenters. The van der Waals surface area contributed by atoms with E-state index < -0.39 is 6.16 Å². The Morgan fingerprint density at radius 2 is 1.93 bits per heavy atom. The van der Waals surface area contributed by atoms with Gasteiger partial charge < -0.3 is 14.5 Å². The molecule has 0 atom stereocenters. The number of fused-ring (bicyclic) bond motifs is 1. The Labute approximate surface area is 173 Å². The summed E-state index contributed by atoms with van der Waals surface area (Å²) in [6, 6.07) is 18.8. The van der Waals surface area contributed by atoms with Crippen LogP contribution in [0.4, 0.5) is 4.79 Å². The van der Waals surface area contributed by atoms with Gasteiger partial charge in [-0.3, -0.25) is 4.90 Å². The van der Waals surface area contributed by atoms with Crippen LogP contribution < -0.4 is 0 Å². The van der Waals surface area contributed by atoms with Crippen molar-refractivity contribution >= 4 is 33.0 Å². The summed E-state index contributed by atoms with van der Waals surface area (Å²) in [6.07, 6.45) is 3.16. The molecule has 28 heavy (non-hydrogen) atoms. The number of aromatic nitrogens is 1. The molecule has 0 amide bonds. The second kappa shape index (κ2) is 10.1. The Morgan fingerprint density at radius 1 is 1.11 bits per heavy atom. The zero-order valence-electron chi connectivity index (χ0n) is 15.7. The van der Waals surface area contributed by atoms with Gasteiger partial charge in [-0.2, -0.15) is 0 Å². The van der Waals surface area contributed by atoms with Crippen molar-refractivity contribution < 1.29 is 14.3 Å². The summed E-state index contributed by atoms with van der Waals surface area (Å²) in [7, 11) is 1.30. The molecule has 0 aliphatic carbocycles. The highest BCUT2D eigenvalue weighted by Gasteiger charge is 2.09. The molecular weight excluding hydrogens is 420 g/mol. The molecule has 1 N–H and O–H groups in total. The number of carbonyl (C=O) groups is 1. The molecule has 1 heterocycles. The highest BCUT2D eigenvalue weighted by atomic mass is 79.9. The minimum absolute atomic E-state index is 0.201. The third-order valence-electron chi connectivity index (χ3n) is 4.28. The van der Waals surface area contributed by atoms with Crippen molar-refractivity contribution in [3.63, 3.8) is 0 Å². The number of rotatable bonds is 8. The van der Waals surface area contributed by atoms with Crippen LogP contribution in [0.25, 0.3) is 10.9 Å². The lowest BCUT2D eigenvalue weighted by atomic mass is 10.2. The van der Waals surface area contributed by atoms with E-state index >= 15 is 0 Å². The van der Waals surface area contributed by atoms with Gasteiger partial charge in [0, 0.05) is 40.7 Å². The molecule has 0 radical (unpaired) electrons. The van der Waals surface area contributed by atoms with Crippen LogP contribution in [-0.4, -0.2) is 36.3 Å². The Bertz CT molecular complexity index is 937. The van der Waals surface area contributed by atoms with Crippen LogP contribution in [0.1, 0.15) is 11.3 Å². The van der Waals surface area contributed by atoms with E-state index in [4.69, 9.17) is 4.74 Å². The van der Waals surface area contributed by atoms with Crippen molar-refractivity contribution in [1.29, 1.82) is 0 Å². The van der Waals surface area contributed by atoms with E-state index in [-0.39, 0.29) is 6.61 Å². The maximum atomic E-state index is 11.0. The lowest BCUT2D eigenvalue weighted by molar-refractivity contribution is 0.0817. The van der Waals surface area contributed by atoms with Crippen molar-refractivity contribution in [2.24, 2.45) is 0 Å². The highest BCUT2D eigenvalue weighted by Crippen LogP contribution is 2.21. The molecule has 0 saturated carbocycles. The fraction of sp³-hybridized carbons (Fsp3) is 0.227. The molecular formula is C22H23BrN2O3. The summed E-state index contributed by atoms with van der Waals surface area (Å²) in [5.41, 5.74) is 3.53. The van der Waals surface area contributed by atoms with Gasteiger partial charge in [0.15, 0.2) is 0 Å². The smallest absolute Gasteiger partial charge is 0.438 e. The van der Waals surface area contributed by atoms with Gasteiger partial charge >= 0.3 is 6.16 Å². The first-order chi connectivity index (χ1) is 13.6. The average molecular weight is 443 g/mol. The van der Waals surface area contributed by atoms with Gasteiger partial charge in [-0.15, -0.1) is 0 Å². The van der Waals surface area contributed by atoms with Crippen LogP contribution in [0.5, 0.6) is 0 Å². The maximum absolute atomic E-state index is 11.0. The van der Waals surface area contributed by atoms with E-state index in [1.165, 1.54) is 18.1 Å². The SMILES string of the molecule is COC(=O)OC/C=C/CN(Cc1ccccc1)Cc1cc2cc(Br)ccc2[nH]1. The molecule has 2 aromatic carbocycles. The topological polar surface area (TPSA) is 54.6 Å². The summed E-state index contributed by atoms with van der Waals surface area (Å²) in [5, 5.41) is 1.19. The predicted molar refractivity (Wildman–Crippen MR) is 114 cm³/mol. The number of methoxy groups -OCH3 is 1. The molecule has 3 aromatic rings. The fourth-order valence-electron chi connectivity index (χ4n) is 2.98. The molecule has 0 aliphatic heterocycles. The molecule has 0 spiro atoms. The van der Waals surface area contributed by atoms with Gasteiger partial charge in [0.1, 0.15) is 6.61 Å². The first-order valence-electron chi connectivity index (χ1n) is 9.03. The molecule has 0 saturated heterocycles.